The average Bonchev–Trinajstić information content (AvgIpc) is 3.88. The largest absolute Gasteiger partial charge is 0.471 e. The van der Waals surface area contributed by atoms with Crippen LogP contribution in [0.1, 0.15) is 0 Å². The van der Waals surface area contributed by atoms with Gasteiger partial charge in [-0.05, 0) is 77.9 Å². The fourth-order valence-electron chi connectivity index (χ4n) is 7.39. The molecule has 0 bridgehead atoms. The number of fused-ring (bicyclic) bond motifs is 6. The van der Waals surface area contributed by atoms with Crippen molar-refractivity contribution in [3.63, 3.8) is 0 Å². The fraction of sp³-hybridized carbons (Fsp3) is 0. The summed E-state index contributed by atoms with van der Waals surface area (Å²) in [4.78, 5) is 8.97. The number of rotatable bonds is 5. The molecule has 4 aromatic heterocycles. The molecule has 0 saturated carbocycles. The van der Waals surface area contributed by atoms with E-state index in [1.807, 2.05) is 18.6 Å². The Morgan fingerprint density at radius 2 is 0.918 bits per heavy atom. The second kappa shape index (κ2) is 10.9. The van der Waals surface area contributed by atoms with Gasteiger partial charge in [0.15, 0.2) is 5.82 Å². The Labute approximate surface area is 282 Å². The maximum Gasteiger partial charge on any atom is 0.159 e. The van der Waals surface area contributed by atoms with Crippen LogP contribution in [-0.2, 0) is 0 Å². The minimum absolute atomic E-state index is 0.711. The first-order valence-electron chi connectivity index (χ1n) is 16.4. The normalized spacial score (nSPS) is 11.7. The third-order valence-electron chi connectivity index (χ3n) is 9.57. The van der Waals surface area contributed by atoms with Crippen LogP contribution in [-0.4, -0.2) is 19.1 Å². The summed E-state index contributed by atoms with van der Waals surface area (Å²) in [5.74, 6) is 0.711. The molecule has 0 spiro atoms. The molecule has 0 amide bonds. The van der Waals surface area contributed by atoms with Gasteiger partial charge < -0.3 is 13.6 Å². The first-order chi connectivity index (χ1) is 24.3. The van der Waals surface area contributed by atoms with Gasteiger partial charge in [-0.3, -0.25) is 0 Å². The van der Waals surface area contributed by atoms with Gasteiger partial charge in [-0.2, -0.15) is 0 Å². The van der Waals surface area contributed by atoms with E-state index in [0.717, 1.165) is 50.2 Å². The summed E-state index contributed by atoms with van der Waals surface area (Å²) < 4.78 is 10.6. The van der Waals surface area contributed by atoms with Crippen molar-refractivity contribution in [2.24, 2.45) is 0 Å². The summed E-state index contributed by atoms with van der Waals surface area (Å²) >= 11 is 0. The van der Waals surface area contributed by atoms with Crippen molar-refractivity contribution < 1.29 is 4.42 Å². The molecule has 0 fully saturated rings. The van der Waals surface area contributed by atoms with Gasteiger partial charge in [-0.1, -0.05) is 78.9 Å². The molecule has 0 N–H and O–H groups in total. The van der Waals surface area contributed by atoms with Crippen LogP contribution in [0.4, 0.5) is 0 Å². The highest BCUT2D eigenvalue weighted by Crippen LogP contribution is 2.41. The van der Waals surface area contributed by atoms with Crippen LogP contribution in [0.2, 0.25) is 0 Å². The lowest BCUT2D eigenvalue weighted by molar-refractivity contribution is 0.569. The monoisotopic (exact) mass is 628 g/mol. The lowest BCUT2D eigenvalue weighted by atomic mass is 9.96. The molecule has 4 heterocycles. The molecule has 0 unspecified atom stereocenters. The molecular weight excluding hydrogens is 601 g/mol. The Morgan fingerprint density at radius 3 is 1.55 bits per heavy atom. The van der Waals surface area contributed by atoms with Crippen molar-refractivity contribution in [3.8, 4) is 45.0 Å². The van der Waals surface area contributed by atoms with Crippen LogP contribution >= 0.6 is 0 Å². The third-order valence-corrected chi connectivity index (χ3v) is 9.57. The molecule has 0 aliphatic carbocycles. The highest BCUT2D eigenvalue weighted by atomic mass is 16.3. The van der Waals surface area contributed by atoms with Crippen LogP contribution < -0.4 is 0 Å². The number of hydrogen-bond donors (Lipinski definition) is 0. The van der Waals surface area contributed by atoms with Crippen molar-refractivity contribution in [2.75, 3.05) is 0 Å². The summed E-state index contributed by atoms with van der Waals surface area (Å²) in [7, 11) is 0. The van der Waals surface area contributed by atoms with Gasteiger partial charge in [-0.25, -0.2) is 9.97 Å². The topological polar surface area (TPSA) is 48.8 Å². The Hall–Kier alpha value is -6.72. The minimum atomic E-state index is 0.711. The number of furan rings is 1. The lowest BCUT2D eigenvalue weighted by Crippen LogP contribution is -1.95. The van der Waals surface area contributed by atoms with Crippen molar-refractivity contribution in [1.82, 2.24) is 19.1 Å². The Bertz CT molecular complexity index is 2830. The fourth-order valence-corrected chi connectivity index (χ4v) is 7.39. The van der Waals surface area contributed by atoms with Gasteiger partial charge in [0.2, 0.25) is 0 Å². The van der Waals surface area contributed by atoms with E-state index < -0.39 is 0 Å². The van der Waals surface area contributed by atoms with E-state index in [0.29, 0.717) is 5.82 Å². The predicted octanol–water partition coefficient (Wildman–Crippen LogP) is 11.3. The van der Waals surface area contributed by atoms with E-state index in [1.54, 1.807) is 12.4 Å². The maximum absolute atomic E-state index is 5.94. The lowest BCUT2D eigenvalue weighted by Gasteiger charge is -2.10. The zero-order valence-corrected chi connectivity index (χ0v) is 26.4. The van der Waals surface area contributed by atoms with E-state index >= 15 is 0 Å². The van der Waals surface area contributed by atoms with Gasteiger partial charge >= 0.3 is 0 Å². The molecule has 0 saturated heterocycles. The van der Waals surface area contributed by atoms with Crippen molar-refractivity contribution in [3.05, 3.63) is 171 Å². The molecule has 230 valence electrons. The van der Waals surface area contributed by atoms with Crippen molar-refractivity contribution >= 4 is 43.6 Å². The average molecular weight is 629 g/mol. The molecule has 10 aromatic rings. The molecule has 0 aliphatic heterocycles. The molecule has 0 aliphatic rings. The molecule has 49 heavy (non-hydrogen) atoms. The van der Waals surface area contributed by atoms with Crippen LogP contribution in [0.3, 0.4) is 0 Å². The van der Waals surface area contributed by atoms with Gasteiger partial charge in [0, 0.05) is 62.0 Å². The van der Waals surface area contributed by atoms with Crippen LogP contribution in [0.5, 0.6) is 0 Å². The summed E-state index contributed by atoms with van der Waals surface area (Å²) in [6.45, 7) is 0. The van der Waals surface area contributed by atoms with E-state index in [2.05, 4.69) is 159 Å². The van der Waals surface area contributed by atoms with Crippen LogP contribution in [0.25, 0.3) is 88.6 Å². The van der Waals surface area contributed by atoms with Gasteiger partial charge in [-0.15, -0.1) is 0 Å². The van der Waals surface area contributed by atoms with Gasteiger partial charge in [0.25, 0.3) is 0 Å². The molecule has 0 radical (unpaired) electrons. The quantitative estimate of drug-likeness (QED) is 0.191. The van der Waals surface area contributed by atoms with Gasteiger partial charge in [0.05, 0.1) is 34.6 Å². The maximum atomic E-state index is 5.94. The number of nitrogens with zero attached hydrogens (tertiary/aromatic N) is 4. The Balaban J connectivity index is 1.12. The Kier molecular flexibility index (Phi) is 6.11. The highest BCUT2D eigenvalue weighted by Gasteiger charge is 2.18. The zero-order chi connectivity index (χ0) is 32.3. The molecule has 10 rings (SSSR count). The third kappa shape index (κ3) is 4.33. The summed E-state index contributed by atoms with van der Waals surface area (Å²) in [5, 5.41) is 4.82. The highest BCUT2D eigenvalue weighted by molar-refractivity contribution is 6.12. The second-order valence-electron chi connectivity index (χ2n) is 12.3. The second-order valence-corrected chi connectivity index (χ2v) is 12.3. The van der Waals surface area contributed by atoms with Crippen LogP contribution in [0.15, 0.2) is 175 Å². The molecule has 5 heteroatoms. The molecule has 5 nitrogen and oxygen atoms in total. The minimum Gasteiger partial charge on any atom is -0.471 e. The van der Waals surface area contributed by atoms with E-state index in [4.69, 9.17) is 4.42 Å². The first kappa shape index (κ1) is 27.4. The SMILES string of the molecule is c1ccc(-n2c3ccccc3c3cc(-c4cocc4-c4ccc5c(c4)c4ccccc4n5-c4cccc(-c5ncccn5)c4)ccc32)cc1. The summed E-state index contributed by atoms with van der Waals surface area (Å²) in [6.07, 6.45) is 7.30. The van der Waals surface area contributed by atoms with Gasteiger partial charge in [0.1, 0.15) is 0 Å². The van der Waals surface area contributed by atoms with E-state index in [1.165, 1.54) is 32.6 Å². The van der Waals surface area contributed by atoms with E-state index in [-0.39, 0.29) is 0 Å². The standard InChI is InChI=1S/C44H28N4O/c1-2-11-32(12-3-1)47-40-16-6-4-14-34(40)36-25-29(18-20-42(36)47)38-27-49-28-39(38)30-19-21-43-37(26-30)35-15-5-7-17-41(35)48(43)33-13-8-10-31(24-33)44-45-22-9-23-46-44/h1-28H. The predicted molar refractivity (Wildman–Crippen MR) is 199 cm³/mol. The first-order valence-corrected chi connectivity index (χ1v) is 16.4. The van der Waals surface area contributed by atoms with E-state index in [9.17, 15) is 0 Å². The summed E-state index contributed by atoms with van der Waals surface area (Å²) in [6, 6.07) is 51.5. The summed E-state index contributed by atoms with van der Waals surface area (Å²) in [5.41, 5.74) is 12.2. The number of benzene rings is 6. The number of hydrogen-bond acceptors (Lipinski definition) is 3. The van der Waals surface area contributed by atoms with Crippen molar-refractivity contribution in [1.29, 1.82) is 0 Å². The van der Waals surface area contributed by atoms with Crippen molar-refractivity contribution in [2.45, 2.75) is 0 Å². The molecule has 0 atom stereocenters. The smallest absolute Gasteiger partial charge is 0.159 e. The molecule has 6 aromatic carbocycles. The zero-order valence-electron chi connectivity index (χ0n) is 26.4. The van der Waals surface area contributed by atoms with Crippen LogP contribution in [0, 0.1) is 0 Å². The molecular formula is C44H28N4O. The number of aromatic nitrogens is 4. The Morgan fingerprint density at radius 1 is 0.388 bits per heavy atom. The number of para-hydroxylation sites is 3.